The zero-order valence-corrected chi connectivity index (χ0v) is 13.2. The number of carbonyl (C=O) groups is 1. The summed E-state index contributed by atoms with van der Waals surface area (Å²) in [6.07, 6.45) is 2.11. The van der Waals surface area contributed by atoms with Gasteiger partial charge >= 0.3 is 0 Å². The Morgan fingerprint density at radius 1 is 1.43 bits per heavy atom. The Morgan fingerprint density at radius 3 is 2.71 bits per heavy atom. The maximum absolute atomic E-state index is 12.2. The van der Waals surface area contributed by atoms with Crippen molar-refractivity contribution < 1.29 is 13.2 Å². The van der Waals surface area contributed by atoms with Crippen molar-refractivity contribution in [3.05, 3.63) is 22.7 Å². The van der Waals surface area contributed by atoms with E-state index in [1.165, 1.54) is 12.1 Å². The smallest absolute Gasteiger partial charge is 0.240 e. The summed E-state index contributed by atoms with van der Waals surface area (Å²) < 4.78 is 26.8. The SMILES string of the molecule is Cc1cc(Cl)c(N)cc1S(=O)(=O)NCCC(=O)NC1CC1. The standard InChI is InChI=1S/C13H18ClN3O3S/c1-8-6-10(14)11(15)7-12(8)21(19,20)16-5-4-13(18)17-9-2-3-9/h6-7,9,16H,2-5,15H2,1H3,(H,17,18). The van der Waals surface area contributed by atoms with Gasteiger partial charge in [-0.3, -0.25) is 4.79 Å². The maximum atomic E-state index is 12.2. The number of nitrogens with one attached hydrogen (secondary N) is 2. The molecular weight excluding hydrogens is 314 g/mol. The lowest BCUT2D eigenvalue weighted by Crippen LogP contribution is -2.32. The van der Waals surface area contributed by atoms with Gasteiger partial charge in [0, 0.05) is 19.0 Å². The molecule has 21 heavy (non-hydrogen) atoms. The molecule has 0 atom stereocenters. The molecule has 1 fully saturated rings. The summed E-state index contributed by atoms with van der Waals surface area (Å²) in [4.78, 5) is 11.6. The average Bonchev–Trinajstić information content (AvgIpc) is 3.17. The van der Waals surface area contributed by atoms with Crippen LogP contribution in [0, 0.1) is 6.92 Å². The van der Waals surface area contributed by atoms with Crippen LogP contribution in [0.2, 0.25) is 5.02 Å². The van der Waals surface area contributed by atoms with E-state index in [9.17, 15) is 13.2 Å². The number of nitrogens with two attached hydrogens (primary N) is 1. The van der Waals surface area contributed by atoms with E-state index in [0.717, 1.165) is 12.8 Å². The monoisotopic (exact) mass is 331 g/mol. The van der Waals surface area contributed by atoms with Crippen LogP contribution in [0.1, 0.15) is 24.8 Å². The van der Waals surface area contributed by atoms with E-state index < -0.39 is 10.0 Å². The predicted molar refractivity (Wildman–Crippen MR) is 81.6 cm³/mol. The predicted octanol–water partition coefficient (Wildman–Crippen LogP) is 1.18. The Balaban J connectivity index is 1.97. The number of hydrogen-bond acceptors (Lipinski definition) is 4. The van der Waals surface area contributed by atoms with Crippen LogP contribution in [0.15, 0.2) is 17.0 Å². The highest BCUT2D eigenvalue weighted by atomic mass is 35.5. The molecular formula is C13H18ClN3O3S. The van der Waals surface area contributed by atoms with Gasteiger partial charge in [0.15, 0.2) is 0 Å². The third kappa shape index (κ3) is 4.33. The van der Waals surface area contributed by atoms with Crippen molar-refractivity contribution in [1.82, 2.24) is 10.0 Å². The summed E-state index contributed by atoms with van der Waals surface area (Å²) in [6.45, 7) is 1.68. The fourth-order valence-corrected chi connectivity index (χ4v) is 3.37. The molecule has 116 valence electrons. The molecule has 0 radical (unpaired) electrons. The number of sulfonamides is 1. The van der Waals surface area contributed by atoms with Crippen LogP contribution in [-0.2, 0) is 14.8 Å². The first-order valence-electron chi connectivity index (χ1n) is 6.64. The van der Waals surface area contributed by atoms with Crippen LogP contribution < -0.4 is 15.8 Å². The summed E-state index contributed by atoms with van der Waals surface area (Å²) in [7, 11) is -3.71. The van der Waals surface area contributed by atoms with Crippen LogP contribution >= 0.6 is 11.6 Å². The molecule has 1 amide bonds. The van der Waals surface area contributed by atoms with E-state index in [1.807, 2.05) is 0 Å². The molecule has 1 aliphatic carbocycles. The summed E-state index contributed by atoms with van der Waals surface area (Å²) in [6, 6.07) is 3.10. The lowest BCUT2D eigenvalue weighted by atomic mass is 10.2. The van der Waals surface area contributed by atoms with Gasteiger partial charge in [-0.1, -0.05) is 11.6 Å². The lowest BCUT2D eigenvalue weighted by molar-refractivity contribution is -0.121. The highest BCUT2D eigenvalue weighted by Crippen LogP contribution is 2.26. The summed E-state index contributed by atoms with van der Waals surface area (Å²) >= 11 is 5.84. The Hall–Kier alpha value is -1.31. The topological polar surface area (TPSA) is 101 Å². The third-order valence-corrected chi connectivity index (χ3v) is 5.10. The molecule has 0 heterocycles. The minimum absolute atomic E-state index is 0.0445. The van der Waals surface area contributed by atoms with Gasteiger partial charge in [-0.2, -0.15) is 0 Å². The third-order valence-electron chi connectivity index (χ3n) is 3.17. The second-order valence-electron chi connectivity index (χ2n) is 5.13. The van der Waals surface area contributed by atoms with Crippen molar-refractivity contribution in [2.45, 2.75) is 37.1 Å². The Kier molecular flexibility index (Phi) is 4.75. The largest absolute Gasteiger partial charge is 0.397 e. The van der Waals surface area contributed by atoms with Gasteiger partial charge in [0.2, 0.25) is 15.9 Å². The number of benzene rings is 1. The molecule has 0 bridgehead atoms. The van der Waals surface area contributed by atoms with Crippen LogP contribution in [-0.4, -0.2) is 26.9 Å². The van der Waals surface area contributed by atoms with Crippen molar-refractivity contribution in [3.8, 4) is 0 Å². The summed E-state index contributed by atoms with van der Waals surface area (Å²) in [5.41, 5.74) is 6.34. The highest BCUT2D eigenvalue weighted by molar-refractivity contribution is 7.89. The first-order valence-corrected chi connectivity index (χ1v) is 8.50. The van der Waals surface area contributed by atoms with Crippen LogP contribution in [0.5, 0.6) is 0 Å². The Morgan fingerprint density at radius 2 is 2.10 bits per heavy atom. The second-order valence-corrected chi connectivity index (χ2v) is 7.27. The van der Waals surface area contributed by atoms with Gasteiger partial charge in [-0.15, -0.1) is 0 Å². The quantitative estimate of drug-likeness (QED) is 0.681. The molecule has 2 rings (SSSR count). The van der Waals surface area contributed by atoms with E-state index in [0.29, 0.717) is 10.6 Å². The molecule has 0 saturated heterocycles. The highest BCUT2D eigenvalue weighted by Gasteiger charge is 2.23. The van der Waals surface area contributed by atoms with Crippen molar-refractivity contribution in [1.29, 1.82) is 0 Å². The van der Waals surface area contributed by atoms with Crippen molar-refractivity contribution in [2.24, 2.45) is 0 Å². The molecule has 4 N–H and O–H groups in total. The molecule has 8 heteroatoms. The molecule has 1 aliphatic rings. The van der Waals surface area contributed by atoms with E-state index in [1.54, 1.807) is 6.92 Å². The number of nitrogen functional groups attached to an aromatic ring is 1. The molecule has 1 aromatic rings. The number of anilines is 1. The summed E-state index contributed by atoms with van der Waals surface area (Å²) in [5, 5.41) is 3.11. The van der Waals surface area contributed by atoms with Gasteiger partial charge in [0.05, 0.1) is 15.6 Å². The number of aryl methyl sites for hydroxylation is 1. The Labute approximate surface area is 129 Å². The molecule has 0 aromatic heterocycles. The van der Waals surface area contributed by atoms with E-state index in [2.05, 4.69) is 10.0 Å². The number of rotatable bonds is 6. The zero-order chi connectivity index (χ0) is 15.6. The normalized spacial score (nSPS) is 15.0. The van der Waals surface area contributed by atoms with Crippen LogP contribution in [0.3, 0.4) is 0 Å². The Bertz CT molecular complexity index is 657. The maximum Gasteiger partial charge on any atom is 0.240 e. The van der Waals surface area contributed by atoms with Gasteiger partial charge in [0.25, 0.3) is 0 Å². The zero-order valence-electron chi connectivity index (χ0n) is 11.6. The average molecular weight is 332 g/mol. The minimum Gasteiger partial charge on any atom is -0.397 e. The number of hydrogen-bond donors (Lipinski definition) is 3. The molecule has 0 unspecified atom stereocenters. The van der Waals surface area contributed by atoms with Crippen LogP contribution in [0.4, 0.5) is 5.69 Å². The van der Waals surface area contributed by atoms with Crippen molar-refractivity contribution >= 4 is 33.2 Å². The van der Waals surface area contributed by atoms with Gasteiger partial charge in [0.1, 0.15) is 0 Å². The first kappa shape index (κ1) is 16.1. The van der Waals surface area contributed by atoms with Crippen LogP contribution in [0.25, 0.3) is 0 Å². The molecule has 0 aliphatic heterocycles. The molecule has 1 aromatic carbocycles. The number of carbonyl (C=O) groups excluding carboxylic acids is 1. The minimum atomic E-state index is -3.71. The van der Waals surface area contributed by atoms with Gasteiger partial charge in [-0.05, 0) is 37.5 Å². The lowest BCUT2D eigenvalue weighted by Gasteiger charge is -2.11. The number of halogens is 1. The van der Waals surface area contributed by atoms with E-state index in [4.69, 9.17) is 17.3 Å². The fraction of sp³-hybridized carbons (Fsp3) is 0.462. The van der Waals surface area contributed by atoms with Gasteiger partial charge in [-0.25, -0.2) is 13.1 Å². The molecule has 1 saturated carbocycles. The molecule has 0 spiro atoms. The first-order chi connectivity index (χ1) is 9.79. The number of amides is 1. The van der Waals surface area contributed by atoms with E-state index in [-0.39, 0.29) is 35.5 Å². The van der Waals surface area contributed by atoms with Crippen molar-refractivity contribution in [2.75, 3.05) is 12.3 Å². The van der Waals surface area contributed by atoms with E-state index >= 15 is 0 Å². The second kappa shape index (κ2) is 6.21. The fourth-order valence-electron chi connectivity index (χ4n) is 1.86. The summed E-state index contributed by atoms with van der Waals surface area (Å²) in [5.74, 6) is -0.146. The molecule has 6 nitrogen and oxygen atoms in total. The van der Waals surface area contributed by atoms with Crippen molar-refractivity contribution in [3.63, 3.8) is 0 Å². The van der Waals surface area contributed by atoms with Gasteiger partial charge < -0.3 is 11.1 Å².